The zero-order valence-electron chi connectivity index (χ0n) is 14.4. The van der Waals surface area contributed by atoms with Crippen molar-refractivity contribution in [3.63, 3.8) is 0 Å². The number of non-ortho nitro benzene ring substituents is 1. The number of amidine groups is 1. The number of ether oxygens (including phenoxy) is 1. The molecule has 1 aromatic carbocycles. The van der Waals surface area contributed by atoms with Crippen LogP contribution in [0.2, 0.25) is 0 Å². The molecule has 7 nitrogen and oxygen atoms in total. The van der Waals surface area contributed by atoms with Gasteiger partial charge in [-0.3, -0.25) is 20.1 Å². The van der Waals surface area contributed by atoms with E-state index in [1.165, 1.54) is 6.07 Å². The third kappa shape index (κ3) is 2.80. The molecule has 0 spiro atoms. The molecule has 3 heterocycles. The molecule has 0 unspecified atom stereocenters. The molecule has 2 aliphatic rings. The summed E-state index contributed by atoms with van der Waals surface area (Å²) in [5, 5.41) is 12.7. The second-order valence-corrected chi connectivity index (χ2v) is 7.73. The minimum atomic E-state index is -0.378. The van der Waals surface area contributed by atoms with Crippen LogP contribution in [0.5, 0.6) is 5.75 Å². The van der Waals surface area contributed by atoms with Crippen LogP contribution in [0.3, 0.4) is 0 Å². The highest BCUT2D eigenvalue weighted by Gasteiger charge is 2.45. The van der Waals surface area contributed by atoms with Gasteiger partial charge in [-0.2, -0.15) is 0 Å². The second kappa shape index (κ2) is 6.60. The first-order valence-electron chi connectivity index (χ1n) is 8.33. The van der Waals surface area contributed by atoms with Crippen molar-refractivity contribution in [2.45, 2.75) is 24.3 Å². The predicted molar refractivity (Wildman–Crippen MR) is 101 cm³/mol. The maximum atomic E-state index is 11.3. The summed E-state index contributed by atoms with van der Waals surface area (Å²) in [5.74, 6) is 0.627. The highest BCUT2D eigenvalue weighted by molar-refractivity contribution is 8.14. The molecule has 1 saturated heterocycles. The number of aliphatic imine (C=N–C) groups is 1. The van der Waals surface area contributed by atoms with Crippen molar-refractivity contribution in [1.82, 2.24) is 9.88 Å². The Labute approximate surface area is 155 Å². The molecule has 26 heavy (non-hydrogen) atoms. The number of aromatic nitrogens is 1. The number of nitro benzene ring substituents is 1. The van der Waals surface area contributed by atoms with Crippen LogP contribution in [0.25, 0.3) is 0 Å². The summed E-state index contributed by atoms with van der Waals surface area (Å²) in [6, 6.07) is 10.1. The van der Waals surface area contributed by atoms with Gasteiger partial charge in [0.2, 0.25) is 0 Å². The summed E-state index contributed by atoms with van der Waals surface area (Å²) >= 11 is 1.73. The fourth-order valence-electron chi connectivity index (χ4n) is 3.52. The lowest BCUT2D eigenvalue weighted by Crippen LogP contribution is -2.29. The lowest BCUT2D eigenvalue weighted by molar-refractivity contribution is -0.385. The van der Waals surface area contributed by atoms with Gasteiger partial charge < -0.3 is 9.64 Å². The lowest BCUT2D eigenvalue weighted by atomic mass is 9.95. The van der Waals surface area contributed by atoms with Gasteiger partial charge in [-0.25, -0.2) is 0 Å². The highest BCUT2D eigenvalue weighted by Crippen LogP contribution is 2.50. The van der Waals surface area contributed by atoms with E-state index < -0.39 is 0 Å². The average Bonchev–Trinajstić information content (AvgIpc) is 3.17. The van der Waals surface area contributed by atoms with Crippen LogP contribution in [-0.2, 0) is 0 Å². The molecule has 1 fully saturated rings. The zero-order valence-corrected chi connectivity index (χ0v) is 15.2. The number of hydrogen-bond donors (Lipinski definition) is 0. The van der Waals surface area contributed by atoms with Gasteiger partial charge in [0.1, 0.15) is 11.8 Å². The molecule has 2 aliphatic heterocycles. The summed E-state index contributed by atoms with van der Waals surface area (Å²) < 4.78 is 5.52. The Hall–Kier alpha value is -2.61. The van der Waals surface area contributed by atoms with Gasteiger partial charge in [-0.15, -0.1) is 0 Å². The van der Waals surface area contributed by atoms with Crippen LogP contribution in [0.1, 0.15) is 30.3 Å². The average molecular weight is 370 g/mol. The number of methoxy groups -OCH3 is 1. The molecular formula is C18H18N4O3S. The standard InChI is InChI=1S/C18H18N4O3S/c1-11-10-21-17(13-9-12(22(23)24)6-7-15(13)25-2)16(20-18(21)26-11)14-5-3-4-8-19-14/h3-9,11,16-17H,10H2,1-2H3/t11-,16+,17-/m1/s1. The quantitative estimate of drug-likeness (QED) is 0.604. The van der Waals surface area contributed by atoms with Gasteiger partial charge >= 0.3 is 0 Å². The predicted octanol–water partition coefficient (Wildman–Crippen LogP) is 3.59. The molecule has 2 aromatic rings. The van der Waals surface area contributed by atoms with Gasteiger partial charge in [0, 0.05) is 35.7 Å². The molecule has 0 aliphatic carbocycles. The van der Waals surface area contributed by atoms with Gasteiger partial charge in [-0.1, -0.05) is 24.8 Å². The lowest BCUT2D eigenvalue weighted by Gasteiger charge is -2.28. The van der Waals surface area contributed by atoms with Gasteiger partial charge in [0.15, 0.2) is 5.17 Å². The molecule has 0 saturated carbocycles. The van der Waals surface area contributed by atoms with Gasteiger partial charge in [0.05, 0.1) is 23.8 Å². The fraction of sp³-hybridized carbons (Fsp3) is 0.333. The third-order valence-corrected chi connectivity index (χ3v) is 5.73. The van der Waals surface area contributed by atoms with Crippen LogP contribution in [0.4, 0.5) is 5.69 Å². The number of pyridine rings is 1. The van der Waals surface area contributed by atoms with E-state index in [-0.39, 0.29) is 22.7 Å². The van der Waals surface area contributed by atoms with Crippen LogP contribution < -0.4 is 4.74 Å². The smallest absolute Gasteiger partial charge is 0.270 e. The number of rotatable bonds is 4. The molecule has 0 amide bonds. The van der Waals surface area contributed by atoms with Crippen LogP contribution >= 0.6 is 11.8 Å². The maximum Gasteiger partial charge on any atom is 0.270 e. The second-order valence-electron chi connectivity index (χ2n) is 6.32. The van der Waals surface area contributed by atoms with Crippen LogP contribution in [-0.4, -0.2) is 38.9 Å². The summed E-state index contributed by atoms with van der Waals surface area (Å²) in [6.07, 6.45) is 1.75. The Bertz CT molecular complexity index is 874. The van der Waals surface area contributed by atoms with Crippen molar-refractivity contribution in [2.24, 2.45) is 4.99 Å². The summed E-state index contributed by atoms with van der Waals surface area (Å²) in [4.78, 5) is 22.5. The monoisotopic (exact) mass is 370 g/mol. The van der Waals surface area contributed by atoms with Crippen molar-refractivity contribution in [1.29, 1.82) is 0 Å². The number of fused-ring (bicyclic) bond motifs is 1. The van der Waals surface area contributed by atoms with E-state index in [0.29, 0.717) is 11.0 Å². The Morgan fingerprint density at radius 3 is 2.88 bits per heavy atom. The molecule has 1 aromatic heterocycles. The largest absolute Gasteiger partial charge is 0.496 e. The Morgan fingerprint density at radius 2 is 2.19 bits per heavy atom. The molecule has 3 atom stereocenters. The molecule has 0 bridgehead atoms. The van der Waals surface area contributed by atoms with E-state index in [9.17, 15) is 10.1 Å². The van der Waals surface area contributed by atoms with Crippen LogP contribution in [0.15, 0.2) is 47.6 Å². The maximum absolute atomic E-state index is 11.3. The molecule has 0 N–H and O–H groups in total. The zero-order chi connectivity index (χ0) is 18.3. The fourth-order valence-corrected chi connectivity index (χ4v) is 4.61. The SMILES string of the molecule is COc1ccc([N+](=O)[O-])cc1[C@@H]1[C@H](c2ccccn2)N=C2S[C@H](C)CN21. The minimum Gasteiger partial charge on any atom is -0.496 e. The molecular weight excluding hydrogens is 352 g/mol. The van der Waals surface area contributed by atoms with E-state index in [4.69, 9.17) is 9.73 Å². The first-order chi connectivity index (χ1) is 12.6. The van der Waals surface area contributed by atoms with Crippen LogP contribution in [0, 0.1) is 10.1 Å². The number of hydrogen-bond acceptors (Lipinski definition) is 7. The Kier molecular flexibility index (Phi) is 4.28. The molecule has 0 radical (unpaired) electrons. The van der Waals surface area contributed by atoms with E-state index in [0.717, 1.165) is 23.0 Å². The van der Waals surface area contributed by atoms with Crippen molar-refractivity contribution < 1.29 is 9.66 Å². The van der Waals surface area contributed by atoms with Crippen molar-refractivity contribution in [3.05, 3.63) is 64.0 Å². The highest BCUT2D eigenvalue weighted by atomic mass is 32.2. The molecule has 134 valence electrons. The first-order valence-corrected chi connectivity index (χ1v) is 9.21. The van der Waals surface area contributed by atoms with Gasteiger partial charge in [-0.05, 0) is 18.2 Å². The number of nitro groups is 1. The summed E-state index contributed by atoms with van der Waals surface area (Å²) in [5.41, 5.74) is 1.67. The molecule has 8 heteroatoms. The Morgan fingerprint density at radius 1 is 1.35 bits per heavy atom. The first kappa shape index (κ1) is 16.8. The summed E-state index contributed by atoms with van der Waals surface area (Å²) in [7, 11) is 1.58. The van der Waals surface area contributed by atoms with Crippen molar-refractivity contribution in [3.8, 4) is 5.75 Å². The molecule has 4 rings (SSSR count). The van der Waals surface area contributed by atoms with E-state index in [2.05, 4.69) is 16.8 Å². The minimum absolute atomic E-state index is 0.0499. The summed E-state index contributed by atoms with van der Waals surface area (Å²) in [6.45, 7) is 2.99. The topological polar surface area (TPSA) is 80.9 Å². The van der Waals surface area contributed by atoms with E-state index >= 15 is 0 Å². The number of thioether (sulfide) groups is 1. The third-order valence-electron chi connectivity index (χ3n) is 4.62. The Balaban J connectivity index is 1.84. The van der Waals surface area contributed by atoms with E-state index in [1.54, 1.807) is 37.2 Å². The van der Waals surface area contributed by atoms with E-state index in [1.807, 2.05) is 18.2 Å². The van der Waals surface area contributed by atoms with Crippen molar-refractivity contribution >= 4 is 22.6 Å². The van der Waals surface area contributed by atoms with Gasteiger partial charge in [0.25, 0.3) is 5.69 Å². The normalized spacial score (nSPS) is 24.3. The number of benzene rings is 1. The van der Waals surface area contributed by atoms with Crippen molar-refractivity contribution in [2.75, 3.05) is 13.7 Å². The number of nitrogens with zero attached hydrogens (tertiary/aromatic N) is 4.